The van der Waals surface area contributed by atoms with Gasteiger partial charge in [-0.15, -0.1) is 0 Å². The highest BCUT2D eigenvalue weighted by Gasteiger charge is 2.25. The predicted molar refractivity (Wildman–Crippen MR) is 70.3 cm³/mol. The van der Waals surface area contributed by atoms with Crippen molar-refractivity contribution in [1.29, 1.82) is 0 Å². The lowest BCUT2D eigenvalue weighted by Gasteiger charge is -2.18. The molecule has 18 heavy (non-hydrogen) atoms. The largest absolute Gasteiger partial charge is 0.481 e. The molecule has 1 heterocycles. The van der Waals surface area contributed by atoms with Crippen LogP contribution in [0.3, 0.4) is 0 Å². The molecule has 5 nitrogen and oxygen atoms in total. The van der Waals surface area contributed by atoms with Gasteiger partial charge >= 0.3 is 5.97 Å². The maximum atomic E-state index is 10.9. The standard InChI is InChI=1S/C13H23N3O2/c1-4-7-16-10-11(9-15-16)8-14-6-5-13(2,3)12(17)18/h9-10,14H,4-8H2,1-3H3,(H,17,18). The van der Waals surface area contributed by atoms with E-state index in [1.165, 1.54) is 0 Å². The molecule has 2 N–H and O–H groups in total. The molecule has 0 bridgehead atoms. The second kappa shape index (κ2) is 6.54. The van der Waals surface area contributed by atoms with E-state index in [9.17, 15) is 4.79 Å². The molecule has 0 spiro atoms. The second-order valence-electron chi connectivity index (χ2n) is 5.23. The molecule has 102 valence electrons. The normalized spacial score (nSPS) is 11.7. The summed E-state index contributed by atoms with van der Waals surface area (Å²) in [6.45, 7) is 7.98. The minimum Gasteiger partial charge on any atom is -0.481 e. The molecule has 0 fully saturated rings. The summed E-state index contributed by atoms with van der Waals surface area (Å²) in [5.41, 5.74) is 0.468. The van der Waals surface area contributed by atoms with Crippen LogP contribution in [0.15, 0.2) is 12.4 Å². The Kier molecular flexibility index (Phi) is 5.34. The van der Waals surface area contributed by atoms with Crippen LogP contribution in [0, 0.1) is 5.41 Å². The number of aryl methyl sites for hydroxylation is 1. The number of nitrogens with one attached hydrogen (secondary N) is 1. The minimum atomic E-state index is -0.750. The molecule has 1 rings (SSSR count). The van der Waals surface area contributed by atoms with Gasteiger partial charge in [-0.3, -0.25) is 9.48 Å². The molecule has 0 atom stereocenters. The summed E-state index contributed by atoms with van der Waals surface area (Å²) in [5.74, 6) is -0.750. The van der Waals surface area contributed by atoms with Gasteiger partial charge in [-0.1, -0.05) is 6.92 Å². The Balaban J connectivity index is 2.27. The van der Waals surface area contributed by atoms with Gasteiger partial charge in [-0.05, 0) is 33.2 Å². The van der Waals surface area contributed by atoms with Crippen LogP contribution in [0.4, 0.5) is 0 Å². The van der Waals surface area contributed by atoms with Crippen LogP contribution < -0.4 is 5.32 Å². The van der Waals surface area contributed by atoms with Crippen LogP contribution in [0.5, 0.6) is 0 Å². The summed E-state index contributed by atoms with van der Waals surface area (Å²) in [4.78, 5) is 10.9. The number of nitrogens with zero attached hydrogens (tertiary/aromatic N) is 2. The van der Waals surface area contributed by atoms with Gasteiger partial charge in [0.25, 0.3) is 0 Å². The summed E-state index contributed by atoms with van der Waals surface area (Å²) in [6, 6.07) is 0. The lowest BCUT2D eigenvalue weighted by molar-refractivity contribution is -0.147. The van der Waals surface area contributed by atoms with E-state index in [1.807, 2.05) is 17.1 Å². The number of hydrogen-bond acceptors (Lipinski definition) is 3. The molecule has 0 aliphatic carbocycles. The number of aliphatic carboxylic acids is 1. The number of carboxylic acids is 1. The Morgan fingerprint density at radius 1 is 1.56 bits per heavy atom. The fraction of sp³-hybridized carbons (Fsp3) is 0.692. The number of carboxylic acid groups (broad SMARTS) is 1. The zero-order chi connectivity index (χ0) is 13.6. The Bertz CT molecular complexity index is 385. The summed E-state index contributed by atoms with van der Waals surface area (Å²) in [7, 11) is 0. The van der Waals surface area contributed by atoms with Gasteiger partial charge in [0.1, 0.15) is 0 Å². The Labute approximate surface area is 108 Å². The fourth-order valence-electron chi connectivity index (χ4n) is 1.59. The van der Waals surface area contributed by atoms with E-state index in [-0.39, 0.29) is 0 Å². The average Bonchev–Trinajstić information content (AvgIpc) is 2.73. The van der Waals surface area contributed by atoms with Gasteiger partial charge in [-0.2, -0.15) is 5.10 Å². The fourth-order valence-corrected chi connectivity index (χ4v) is 1.59. The average molecular weight is 253 g/mol. The number of aromatic nitrogens is 2. The first kappa shape index (κ1) is 14.7. The van der Waals surface area contributed by atoms with E-state index in [0.29, 0.717) is 13.0 Å². The zero-order valence-corrected chi connectivity index (χ0v) is 11.4. The molecule has 0 aromatic carbocycles. The quantitative estimate of drug-likeness (QED) is 0.694. The highest BCUT2D eigenvalue weighted by atomic mass is 16.4. The number of rotatable bonds is 8. The smallest absolute Gasteiger partial charge is 0.309 e. The molecule has 0 amide bonds. The zero-order valence-electron chi connectivity index (χ0n) is 11.4. The lowest BCUT2D eigenvalue weighted by atomic mass is 9.90. The monoisotopic (exact) mass is 253 g/mol. The topological polar surface area (TPSA) is 67.2 Å². The molecule has 0 aliphatic rings. The van der Waals surface area contributed by atoms with Crippen LogP contribution in [0.25, 0.3) is 0 Å². The Morgan fingerprint density at radius 2 is 2.28 bits per heavy atom. The third-order valence-electron chi connectivity index (χ3n) is 2.97. The molecule has 0 unspecified atom stereocenters. The van der Waals surface area contributed by atoms with Crippen molar-refractivity contribution in [2.45, 2.75) is 46.7 Å². The van der Waals surface area contributed by atoms with Crippen LogP contribution in [0.1, 0.15) is 39.2 Å². The van der Waals surface area contributed by atoms with Gasteiger partial charge in [0.05, 0.1) is 11.6 Å². The van der Waals surface area contributed by atoms with Crippen LogP contribution in [-0.4, -0.2) is 27.4 Å². The highest BCUT2D eigenvalue weighted by Crippen LogP contribution is 2.19. The van der Waals surface area contributed by atoms with Gasteiger partial charge in [-0.25, -0.2) is 0 Å². The maximum Gasteiger partial charge on any atom is 0.309 e. The molecule has 1 aromatic heterocycles. The van der Waals surface area contributed by atoms with Crippen LogP contribution in [0.2, 0.25) is 0 Å². The number of carbonyl (C=O) groups is 1. The highest BCUT2D eigenvalue weighted by molar-refractivity contribution is 5.73. The Morgan fingerprint density at radius 3 is 2.89 bits per heavy atom. The van der Waals surface area contributed by atoms with E-state index in [1.54, 1.807) is 13.8 Å². The van der Waals surface area contributed by atoms with Crippen molar-refractivity contribution in [2.75, 3.05) is 6.54 Å². The SMILES string of the molecule is CCCn1cc(CNCCC(C)(C)C(=O)O)cn1. The molecule has 0 aliphatic heterocycles. The summed E-state index contributed by atoms with van der Waals surface area (Å²) in [5, 5.41) is 16.5. The van der Waals surface area contributed by atoms with Gasteiger partial charge in [0.15, 0.2) is 0 Å². The van der Waals surface area contributed by atoms with Crippen molar-refractivity contribution in [2.24, 2.45) is 5.41 Å². The first-order valence-corrected chi connectivity index (χ1v) is 6.41. The molecular formula is C13H23N3O2. The van der Waals surface area contributed by atoms with Crippen molar-refractivity contribution in [3.05, 3.63) is 18.0 Å². The van der Waals surface area contributed by atoms with Crippen LogP contribution in [-0.2, 0) is 17.9 Å². The van der Waals surface area contributed by atoms with Gasteiger partial charge < -0.3 is 10.4 Å². The van der Waals surface area contributed by atoms with E-state index in [0.717, 1.165) is 25.1 Å². The summed E-state index contributed by atoms with van der Waals surface area (Å²) >= 11 is 0. The molecule has 5 heteroatoms. The van der Waals surface area contributed by atoms with Crippen LogP contribution >= 0.6 is 0 Å². The van der Waals surface area contributed by atoms with E-state index in [2.05, 4.69) is 17.3 Å². The lowest BCUT2D eigenvalue weighted by Crippen LogP contribution is -2.28. The molecule has 0 radical (unpaired) electrons. The van der Waals surface area contributed by atoms with Gasteiger partial charge in [0, 0.05) is 24.8 Å². The van der Waals surface area contributed by atoms with Crippen molar-refractivity contribution < 1.29 is 9.90 Å². The van der Waals surface area contributed by atoms with E-state index >= 15 is 0 Å². The maximum absolute atomic E-state index is 10.9. The second-order valence-corrected chi connectivity index (χ2v) is 5.23. The third kappa shape index (κ3) is 4.49. The van der Waals surface area contributed by atoms with E-state index in [4.69, 9.17) is 5.11 Å². The minimum absolute atomic E-state index is 0.616. The van der Waals surface area contributed by atoms with Crippen molar-refractivity contribution in [1.82, 2.24) is 15.1 Å². The molecular weight excluding hydrogens is 230 g/mol. The van der Waals surface area contributed by atoms with Crippen molar-refractivity contribution >= 4 is 5.97 Å². The summed E-state index contributed by atoms with van der Waals surface area (Å²) in [6.07, 6.45) is 5.57. The Hall–Kier alpha value is -1.36. The summed E-state index contributed by atoms with van der Waals surface area (Å²) < 4.78 is 1.93. The molecule has 1 aromatic rings. The molecule has 0 saturated heterocycles. The first-order chi connectivity index (χ1) is 8.45. The predicted octanol–water partition coefficient (Wildman–Crippen LogP) is 1.88. The third-order valence-corrected chi connectivity index (χ3v) is 2.97. The van der Waals surface area contributed by atoms with E-state index < -0.39 is 11.4 Å². The number of hydrogen-bond donors (Lipinski definition) is 2. The van der Waals surface area contributed by atoms with Gasteiger partial charge in [0.2, 0.25) is 0 Å². The first-order valence-electron chi connectivity index (χ1n) is 6.41. The van der Waals surface area contributed by atoms with Crippen molar-refractivity contribution in [3.63, 3.8) is 0 Å². The van der Waals surface area contributed by atoms with Crippen molar-refractivity contribution in [3.8, 4) is 0 Å². The molecule has 0 saturated carbocycles.